The summed E-state index contributed by atoms with van der Waals surface area (Å²) in [7, 11) is 0. The number of hydrogen-bond acceptors (Lipinski definition) is 5. The fourth-order valence-corrected chi connectivity index (χ4v) is 2.24. The Bertz CT molecular complexity index is 810. The summed E-state index contributed by atoms with van der Waals surface area (Å²) in [6, 6.07) is 15.4. The van der Waals surface area contributed by atoms with Crippen LogP contribution in [0.4, 0.5) is 0 Å². The van der Waals surface area contributed by atoms with Crippen molar-refractivity contribution in [2.75, 3.05) is 6.61 Å². The Morgan fingerprint density at radius 2 is 1.92 bits per heavy atom. The number of hydrogen-bond donors (Lipinski definition) is 1. The van der Waals surface area contributed by atoms with Gasteiger partial charge in [-0.1, -0.05) is 35.9 Å². The van der Waals surface area contributed by atoms with E-state index in [1.54, 1.807) is 49.4 Å². The van der Waals surface area contributed by atoms with Crippen LogP contribution in [0.15, 0.2) is 54.3 Å². The molecule has 6 heteroatoms. The van der Waals surface area contributed by atoms with E-state index in [1.807, 2.05) is 6.07 Å². The summed E-state index contributed by atoms with van der Waals surface area (Å²) in [6.45, 7) is 1.66. The highest BCUT2D eigenvalue weighted by Gasteiger charge is 2.22. The quantitative estimate of drug-likeness (QED) is 0.374. The van der Waals surface area contributed by atoms with E-state index in [-0.39, 0.29) is 28.5 Å². The first-order valence-corrected chi connectivity index (χ1v) is 7.48. The summed E-state index contributed by atoms with van der Waals surface area (Å²) in [5, 5.41) is 19.6. The minimum Gasteiger partial charge on any atom is -0.501 e. The monoisotopic (exact) mass is 343 g/mol. The first-order valence-electron chi connectivity index (χ1n) is 7.10. The standard InChI is InChI=1S/C18H14ClNO4/c1-2-23-18(22)17(21)13(11-20)16-14(19)9-6-10-15(16)24-12-7-4-3-5-8-12/h3-10,21H,2H2,1H3. The van der Waals surface area contributed by atoms with Crippen LogP contribution in [-0.4, -0.2) is 17.7 Å². The van der Waals surface area contributed by atoms with Crippen molar-refractivity contribution in [3.63, 3.8) is 0 Å². The molecule has 0 fully saturated rings. The van der Waals surface area contributed by atoms with E-state index in [9.17, 15) is 15.2 Å². The van der Waals surface area contributed by atoms with Crippen molar-refractivity contribution >= 4 is 23.1 Å². The summed E-state index contributed by atoms with van der Waals surface area (Å²) in [5.41, 5.74) is -0.193. The van der Waals surface area contributed by atoms with Gasteiger partial charge in [-0.2, -0.15) is 5.26 Å². The fourth-order valence-electron chi connectivity index (χ4n) is 1.98. The smallest absolute Gasteiger partial charge is 0.374 e. The van der Waals surface area contributed by atoms with Crippen LogP contribution in [0.25, 0.3) is 5.57 Å². The van der Waals surface area contributed by atoms with Crippen LogP contribution >= 0.6 is 11.6 Å². The summed E-state index contributed by atoms with van der Waals surface area (Å²) in [5.74, 6) is -1.06. The second-order valence-corrected chi connectivity index (χ2v) is 4.99. The van der Waals surface area contributed by atoms with E-state index in [2.05, 4.69) is 0 Å². The lowest BCUT2D eigenvalue weighted by molar-refractivity contribution is -0.141. The first kappa shape index (κ1) is 17.4. The van der Waals surface area contributed by atoms with Gasteiger partial charge in [0.15, 0.2) is 0 Å². The molecule has 0 bridgehead atoms. The Labute approximate surface area is 144 Å². The molecule has 2 rings (SSSR count). The summed E-state index contributed by atoms with van der Waals surface area (Å²) < 4.78 is 10.5. The zero-order valence-electron chi connectivity index (χ0n) is 12.8. The highest BCUT2D eigenvalue weighted by molar-refractivity contribution is 6.33. The van der Waals surface area contributed by atoms with Crippen molar-refractivity contribution in [3.8, 4) is 17.6 Å². The van der Waals surface area contributed by atoms with Crippen LogP contribution in [0.1, 0.15) is 12.5 Å². The maximum absolute atomic E-state index is 11.7. The number of nitrogens with zero attached hydrogens (tertiary/aromatic N) is 1. The molecule has 0 aromatic heterocycles. The third-order valence-corrected chi connectivity index (χ3v) is 3.33. The predicted octanol–water partition coefficient (Wildman–Crippen LogP) is 4.49. The van der Waals surface area contributed by atoms with Crippen molar-refractivity contribution in [1.29, 1.82) is 5.26 Å². The zero-order valence-corrected chi connectivity index (χ0v) is 13.6. The van der Waals surface area contributed by atoms with Crippen LogP contribution in [-0.2, 0) is 9.53 Å². The maximum atomic E-state index is 11.7. The summed E-state index contributed by atoms with van der Waals surface area (Å²) in [4.78, 5) is 11.7. The molecule has 0 aliphatic heterocycles. The van der Waals surface area contributed by atoms with Gasteiger partial charge in [-0.25, -0.2) is 4.79 Å². The number of allylic oxidation sites excluding steroid dienone is 1. The molecule has 2 aromatic rings. The first-order chi connectivity index (χ1) is 11.6. The summed E-state index contributed by atoms with van der Waals surface area (Å²) in [6.07, 6.45) is 0. The van der Waals surface area contributed by atoms with Crippen molar-refractivity contribution in [2.45, 2.75) is 6.92 Å². The van der Waals surface area contributed by atoms with Gasteiger partial charge in [0.2, 0.25) is 5.76 Å². The highest BCUT2D eigenvalue weighted by atomic mass is 35.5. The van der Waals surface area contributed by atoms with E-state index in [1.165, 1.54) is 6.07 Å². The van der Waals surface area contributed by atoms with E-state index in [0.29, 0.717) is 5.75 Å². The molecular weight excluding hydrogens is 330 g/mol. The lowest BCUT2D eigenvalue weighted by atomic mass is 10.0. The second kappa shape index (κ2) is 8.04. The predicted molar refractivity (Wildman–Crippen MR) is 89.8 cm³/mol. The van der Waals surface area contributed by atoms with Crippen LogP contribution in [0.5, 0.6) is 11.5 Å². The number of carbonyl (C=O) groups is 1. The maximum Gasteiger partial charge on any atom is 0.374 e. The molecule has 0 spiro atoms. The van der Waals surface area contributed by atoms with Crippen molar-refractivity contribution in [2.24, 2.45) is 0 Å². The average molecular weight is 344 g/mol. The molecule has 122 valence electrons. The molecule has 0 amide bonds. The molecule has 2 aromatic carbocycles. The van der Waals surface area contributed by atoms with Gasteiger partial charge in [-0.3, -0.25) is 0 Å². The van der Waals surface area contributed by atoms with Gasteiger partial charge in [0, 0.05) is 0 Å². The van der Waals surface area contributed by atoms with E-state index in [0.717, 1.165) is 0 Å². The fraction of sp³-hybridized carbons (Fsp3) is 0.111. The number of ether oxygens (including phenoxy) is 2. The van der Waals surface area contributed by atoms with Crippen molar-refractivity contribution in [3.05, 3.63) is 64.9 Å². The molecule has 1 N–H and O–H groups in total. The van der Waals surface area contributed by atoms with Crippen molar-refractivity contribution < 1.29 is 19.4 Å². The molecule has 5 nitrogen and oxygen atoms in total. The van der Waals surface area contributed by atoms with Gasteiger partial charge in [0.25, 0.3) is 0 Å². The molecule has 0 aliphatic rings. The van der Waals surface area contributed by atoms with Crippen molar-refractivity contribution in [1.82, 2.24) is 0 Å². The van der Waals surface area contributed by atoms with E-state index < -0.39 is 11.7 Å². The second-order valence-electron chi connectivity index (χ2n) is 4.58. The number of aliphatic hydroxyl groups excluding tert-OH is 1. The Morgan fingerprint density at radius 1 is 1.21 bits per heavy atom. The number of carbonyl (C=O) groups excluding carboxylic acids is 1. The summed E-state index contributed by atoms with van der Waals surface area (Å²) >= 11 is 6.17. The number of benzene rings is 2. The van der Waals surface area contributed by atoms with Gasteiger partial charge < -0.3 is 14.6 Å². The van der Waals surface area contributed by atoms with Crippen LogP contribution < -0.4 is 4.74 Å². The van der Waals surface area contributed by atoms with Gasteiger partial charge in [-0.15, -0.1) is 0 Å². The van der Waals surface area contributed by atoms with Crippen LogP contribution in [0.3, 0.4) is 0 Å². The normalized spacial score (nSPS) is 11.2. The van der Waals surface area contributed by atoms with Crippen LogP contribution in [0, 0.1) is 11.3 Å². The molecule has 24 heavy (non-hydrogen) atoms. The number of halogens is 1. The number of para-hydroxylation sites is 1. The minimum atomic E-state index is -1.00. The minimum absolute atomic E-state index is 0.0670. The number of esters is 1. The third-order valence-electron chi connectivity index (χ3n) is 3.01. The number of nitriles is 1. The van der Waals surface area contributed by atoms with Gasteiger partial charge in [0.1, 0.15) is 23.1 Å². The van der Waals surface area contributed by atoms with Gasteiger partial charge in [0.05, 0.1) is 17.2 Å². The molecule has 0 atom stereocenters. The topological polar surface area (TPSA) is 79.5 Å². The highest BCUT2D eigenvalue weighted by Crippen LogP contribution is 2.36. The lowest BCUT2D eigenvalue weighted by Crippen LogP contribution is -2.09. The molecule has 0 heterocycles. The number of aliphatic hydroxyl groups is 1. The Morgan fingerprint density at radius 3 is 2.54 bits per heavy atom. The Balaban J connectivity index is 2.54. The SMILES string of the molecule is CCOC(=O)C(O)=C(C#N)c1c(Cl)cccc1Oc1ccccc1. The Hall–Kier alpha value is -2.97. The number of rotatable bonds is 5. The van der Waals surface area contributed by atoms with Crippen LogP contribution in [0.2, 0.25) is 5.02 Å². The van der Waals surface area contributed by atoms with E-state index >= 15 is 0 Å². The average Bonchev–Trinajstić information content (AvgIpc) is 2.58. The molecule has 0 aliphatic carbocycles. The molecule has 0 unspecified atom stereocenters. The van der Waals surface area contributed by atoms with E-state index in [4.69, 9.17) is 21.1 Å². The molecule has 0 saturated heterocycles. The molecule has 0 saturated carbocycles. The van der Waals surface area contributed by atoms with Gasteiger partial charge in [-0.05, 0) is 31.2 Å². The molecular formula is C18H14ClNO4. The lowest BCUT2D eigenvalue weighted by Gasteiger charge is -2.13. The zero-order chi connectivity index (χ0) is 17.5. The third kappa shape index (κ3) is 3.86. The Kier molecular flexibility index (Phi) is 5.83. The molecule has 0 radical (unpaired) electrons. The van der Waals surface area contributed by atoms with Gasteiger partial charge >= 0.3 is 5.97 Å². The largest absolute Gasteiger partial charge is 0.501 e.